The van der Waals surface area contributed by atoms with Gasteiger partial charge in [-0.15, -0.1) is 0 Å². The van der Waals surface area contributed by atoms with Gasteiger partial charge in [0.15, 0.2) is 0 Å². The summed E-state index contributed by atoms with van der Waals surface area (Å²) in [5.41, 5.74) is 5.14. The SMILES string of the molecule is CCOC(=O)/C=C/C(=O)NCC(N)C(=O)O. The Morgan fingerprint density at radius 1 is 1.44 bits per heavy atom. The molecule has 0 aliphatic rings. The second kappa shape index (κ2) is 7.41. The number of amides is 1. The van der Waals surface area contributed by atoms with Gasteiger partial charge in [0.25, 0.3) is 0 Å². The van der Waals surface area contributed by atoms with Gasteiger partial charge in [-0.1, -0.05) is 0 Å². The molecule has 0 aromatic carbocycles. The first-order valence-corrected chi connectivity index (χ1v) is 4.58. The Balaban J connectivity index is 3.91. The highest BCUT2D eigenvalue weighted by Gasteiger charge is 2.11. The molecule has 1 amide bonds. The summed E-state index contributed by atoms with van der Waals surface area (Å²) >= 11 is 0. The second-order valence-electron chi connectivity index (χ2n) is 2.78. The number of carbonyl (C=O) groups excluding carboxylic acids is 2. The van der Waals surface area contributed by atoms with Crippen LogP contribution in [0, 0.1) is 0 Å². The minimum Gasteiger partial charge on any atom is -0.480 e. The first kappa shape index (κ1) is 14.1. The van der Waals surface area contributed by atoms with Gasteiger partial charge in [0, 0.05) is 18.7 Å². The van der Waals surface area contributed by atoms with Gasteiger partial charge in [-0.2, -0.15) is 0 Å². The number of esters is 1. The van der Waals surface area contributed by atoms with E-state index in [-0.39, 0.29) is 13.2 Å². The topological polar surface area (TPSA) is 119 Å². The van der Waals surface area contributed by atoms with Gasteiger partial charge >= 0.3 is 11.9 Å². The fourth-order valence-electron chi connectivity index (χ4n) is 0.691. The van der Waals surface area contributed by atoms with Gasteiger partial charge in [0.05, 0.1) is 6.61 Å². The summed E-state index contributed by atoms with van der Waals surface area (Å²) in [5.74, 6) is -2.46. The summed E-state index contributed by atoms with van der Waals surface area (Å²) in [6, 6.07) is -1.17. The van der Waals surface area contributed by atoms with E-state index < -0.39 is 23.9 Å². The van der Waals surface area contributed by atoms with E-state index in [0.29, 0.717) is 0 Å². The van der Waals surface area contributed by atoms with Crippen LogP contribution in [-0.4, -0.2) is 42.1 Å². The molecule has 16 heavy (non-hydrogen) atoms. The summed E-state index contributed by atoms with van der Waals surface area (Å²) in [5, 5.41) is 10.6. The molecule has 1 unspecified atom stereocenters. The number of carboxylic acid groups (broad SMARTS) is 1. The molecule has 0 fully saturated rings. The van der Waals surface area contributed by atoms with Crippen molar-refractivity contribution < 1.29 is 24.2 Å². The number of aliphatic carboxylic acids is 1. The molecule has 7 heteroatoms. The van der Waals surface area contributed by atoms with Gasteiger partial charge < -0.3 is 20.9 Å². The first-order chi connectivity index (χ1) is 7.47. The van der Waals surface area contributed by atoms with Gasteiger partial charge in [0.1, 0.15) is 6.04 Å². The quantitative estimate of drug-likeness (QED) is 0.383. The van der Waals surface area contributed by atoms with Crippen molar-refractivity contribution in [3.8, 4) is 0 Å². The molecular weight excluding hydrogens is 216 g/mol. The second-order valence-corrected chi connectivity index (χ2v) is 2.78. The molecule has 4 N–H and O–H groups in total. The smallest absolute Gasteiger partial charge is 0.330 e. The normalized spacial score (nSPS) is 12.1. The van der Waals surface area contributed by atoms with Crippen LogP contribution >= 0.6 is 0 Å². The van der Waals surface area contributed by atoms with Crippen LogP contribution in [0.4, 0.5) is 0 Å². The molecular formula is C9H14N2O5. The van der Waals surface area contributed by atoms with Gasteiger partial charge in [-0.3, -0.25) is 9.59 Å². The lowest BCUT2D eigenvalue weighted by atomic mass is 10.3. The molecule has 7 nitrogen and oxygen atoms in total. The van der Waals surface area contributed by atoms with Gasteiger partial charge in [-0.05, 0) is 6.92 Å². The number of rotatable bonds is 6. The predicted molar refractivity (Wildman–Crippen MR) is 54.4 cm³/mol. The average molecular weight is 230 g/mol. The van der Waals surface area contributed by atoms with E-state index in [2.05, 4.69) is 10.1 Å². The molecule has 0 aromatic heterocycles. The number of carboxylic acids is 1. The van der Waals surface area contributed by atoms with E-state index in [1.54, 1.807) is 6.92 Å². The van der Waals surface area contributed by atoms with Crippen LogP contribution in [0.3, 0.4) is 0 Å². The molecule has 0 radical (unpaired) electrons. The molecule has 0 aliphatic heterocycles. The average Bonchev–Trinajstić information content (AvgIpc) is 2.23. The third-order valence-electron chi connectivity index (χ3n) is 1.47. The molecule has 0 aromatic rings. The maximum Gasteiger partial charge on any atom is 0.330 e. The Kier molecular flexibility index (Phi) is 6.53. The number of ether oxygens (including phenoxy) is 1. The van der Waals surface area contributed by atoms with Crippen LogP contribution < -0.4 is 11.1 Å². The Bertz CT molecular complexity index is 300. The maximum absolute atomic E-state index is 11.0. The van der Waals surface area contributed by atoms with Crippen molar-refractivity contribution in [3.05, 3.63) is 12.2 Å². The van der Waals surface area contributed by atoms with E-state index >= 15 is 0 Å². The Hall–Kier alpha value is -1.89. The molecule has 0 spiro atoms. The van der Waals surface area contributed by atoms with Gasteiger partial charge in [0.2, 0.25) is 5.91 Å². The number of hydrogen-bond acceptors (Lipinski definition) is 5. The highest BCUT2D eigenvalue weighted by Crippen LogP contribution is 1.82. The van der Waals surface area contributed by atoms with Crippen molar-refractivity contribution in [2.45, 2.75) is 13.0 Å². The van der Waals surface area contributed by atoms with Crippen molar-refractivity contribution in [1.82, 2.24) is 5.32 Å². The van der Waals surface area contributed by atoms with Crippen molar-refractivity contribution in [3.63, 3.8) is 0 Å². The molecule has 90 valence electrons. The fourth-order valence-corrected chi connectivity index (χ4v) is 0.691. The van der Waals surface area contributed by atoms with Crippen molar-refractivity contribution in [2.75, 3.05) is 13.2 Å². The highest BCUT2D eigenvalue weighted by molar-refractivity contribution is 5.94. The van der Waals surface area contributed by atoms with E-state index in [1.807, 2.05) is 0 Å². The minimum absolute atomic E-state index is 0.207. The third-order valence-corrected chi connectivity index (χ3v) is 1.47. The van der Waals surface area contributed by atoms with E-state index in [1.165, 1.54) is 0 Å². The molecule has 0 heterocycles. The third kappa shape index (κ3) is 6.55. The summed E-state index contributed by atoms with van der Waals surface area (Å²) in [7, 11) is 0. The Morgan fingerprint density at radius 3 is 2.56 bits per heavy atom. The number of hydrogen-bond donors (Lipinski definition) is 3. The predicted octanol–water partition coefficient (Wildman–Crippen LogP) is -1.37. The Labute approximate surface area is 92.3 Å². The van der Waals surface area contributed by atoms with Crippen molar-refractivity contribution in [1.29, 1.82) is 0 Å². The molecule has 0 bridgehead atoms. The maximum atomic E-state index is 11.0. The van der Waals surface area contributed by atoms with Crippen LogP contribution in [0.5, 0.6) is 0 Å². The van der Waals surface area contributed by atoms with Crippen LogP contribution in [0.25, 0.3) is 0 Å². The zero-order valence-corrected chi connectivity index (χ0v) is 8.80. The van der Waals surface area contributed by atoms with Crippen LogP contribution in [0.1, 0.15) is 6.92 Å². The van der Waals surface area contributed by atoms with Crippen LogP contribution in [0.2, 0.25) is 0 Å². The van der Waals surface area contributed by atoms with Crippen LogP contribution in [0.15, 0.2) is 12.2 Å². The zero-order valence-electron chi connectivity index (χ0n) is 8.80. The Morgan fingerprint density at radius 2 is 2.06 bits per heavy atom. The first-order valence-electron chi connectivity index (χ1n) is 4.58. The van der Waals surface area contributed by atoms with Crippen LogP contribution in [-0.2, 0) is 19.1 Å². The van der Waals surface area contributed by atoms with E-state index in [0.717, 1.165) is 12.2 Å². The van der Waals surface area contributed by atoms with Gasteiger partial charge in [-0.25, -0.2) is 4.79 Å². The summed E-state index contributed by atoms with van der Waals surface area (Å²) < 4.78 is 4.53. The summed E-state index contributed by atoms with van der Waals surface area (Å²) in [6.45, 7) is 1.65. The number of carbonyl (C=O) groups is 3. The lowest BCUT2D eigenvalue weighted by molar-refractivity contribution is -0.139. The van der Waals surface area contributed by atoms with E-state index in [4.69, 9.17) is 10.8 Å². The highest BCUT2D eigenvalue weighted by atomic mass is 16.5. The fraction of sp³-hybridized carbons (Fsp3) is 0.444. The monoisotopic (exact) mass is 230 g/mol. The minimum atomic E-state index is -1.21. The lowest BCUT2D eigenvalue weighted by Gasteiger charge is -2.05. The zero-order chi connectivity index (χ0) is 12.6. The largest absolute Gasteiger partial charge is 0.480 e. The molecule has 0 aliphatic carbocycles. The standard InChI is InChI=1S/C9H14N2O5/c1-2-16-8(13)4-3-7(12)11-5-6(10)9(14)15/h3-4,6H,2,5,10H2,1H3,(H,11,12)(H,14,15)/b4-3+. The summed E-state index contributed by atoms with van der Waals surface area (Å²) in [6.07, 6.45) is 1.90. The molecule has 1 atom stereocenters. The molecule has 0 rings (SSSR count). The van der Waals surface area contributed by atoms with Crippen molar-refractivity contribution in [2.24, 2.45) is 5.73 Å². The number of nitrogens with one attached hydrogen (secondary N) is 1. The summed E-state index contributed by atoms with van der Waals surface area (Å²) in [4.78, 5) is 32.1. The molecule has 0 saturated heterocycles. The van der Waals surface area contributed by atoms with Crippen molar-refractivity contribution >= 4 is 17.8 Å². The number of nitrogens with two attached hydrogens (primary N) is 1. The molecule has 0 saturated carbocycles. The lowest BCUT2D eigenvalue weighted by Crippen LogP contribution is -2.42. The van der Waals surface area contributed by atoms with E-state index in [9.17, 15) is 14.4 Å².